The topological polar surface area (TPSA) is 145 Å². The zero-order valence-electron chi connectivity index (χ0n) is 20.0. The minimum atomic E-state index is -5.08. The van der Waals surface area contributed by atoms with E-state index >= 15 is 0 Å². The van der Waals surface area contributed by atoms with Crippen molar-refractivity contribution in [3.8, 4) is 16.9 Å². The van der Waals surface area contributed by atoms with Crippen molar-refractivity contribution in [2.75, 3.05) is 11.9 Å². The van der Waals surface area contributed by atoms with Crippen LogP contribution in [-0.4, -0.2) is 49.0 Å². The van der Waals surface area contributed by atoms with Gasteiger partial charge in [0.1, 0.15) is 6.33 Å². The minimum absolute atomic E-state index is 0.0419. The Balaban J connectivity index is 0.000000532. The number of aliphatic carboxylic acids is 1. The van der Waals surface area contributed by atoms with Crippen LogP contribution >= 0.6 is 0 Å². The molecule has 0 saturated heterocycles. The number of anilines is 1. The highest BCUT2D eigenvalue weighted by Crippen LogP contribution is 2.32. The lowest BCUT2D eigenvalue weighted by Crippen LogP contribution is -2.27. The Morgan fingerprint density at radius 2 is 1.82 bits per heavy atom. The molecule has 1 amide bonds. The summed E-state index contributed by atoms with van der Waals surface area (Å²) in [7, 11) is 0. The van der Waals surface area contributed by atoms with Crippen LogP contribution in [0.1, 0.15) is 17.5 Å². The van der Waals surface area contributed by atoms with Gasteiger partial charge in [-0.1, -0.05) is 0 Å². The lowest BCUT2D eigenvalue weighted by molar-refractivity contribution is -0.192. The second-order valence-corrected chi connectivity index (χ2v) is 8.22. The molecule has 1 aliphatic heterocycles. The minimum Gasteiger partial charge on any atom is -0.475 e. The molecule has 3 heterocycles. The molecule has 0 spiro atoms. The van der Waals surface area contributed by atoms with Crippen LogP contribution in [0, 0.1) is 12.7 Å². The molecule has 0 saturated carbocycles. The summed E-state index contributed by atoms with van der Waals surface area (Å²) >= 11 is 0. The fourth-order valence-corrected chi connectivity index (χ4v) is 3.59. The average molecular weight is 558 g/mol. The predicted octanol–water partition coefficient (Wildman–Crippen LogP) is 3.17. The number of aromatic nitrogens is 4. The van der Waals surface area contributed by atoms with Gasteiger partial charge in [0.15, 0.2) is 11.6 Å². The van der Waals surface area contributed by atoms with Gasteiger partial charge >= 0.3 is 17.8 Å². The standard InChI is InChI=1S/C21H19F3N6O2.C2HF3O2/c1-11-4-13(5-12-2-3-17(31)28-18(11)12)14-6-16(22)20(26-8-14)29-10-27-30(21(29)32)9-15(7-25)19(23)24;3-2(4,5)1(6)7/h4-6,8,10H,2-3,7,9,25H2,1H3,(H,28,31);(H,6,7). The quantitative estimate of drug-likeness (QED) is 0.408. The number of carbonyl (C=O) groups is 2. The number of alkyl halides is 3. The molecule has 1 aromatic carbocycles. The third-order valence-corrected chi connectivity index (χ3v) is 5.52. The molecule has 4 N–H and O–H groups in total. The summed E-state index contributed by atoms with van der Waals surface area (Å²) in [6.45, 7) is 0.909. The maximum absolute atomic E-state index is 14.9. The molecule has 1 aliphatic rings. The highest BCUT2D eigenvalue weighted by molar-refractivity contribution is 5.95. The smallest absolute Gasteiger partial charge is 0.475 e. The monoisotopic (exact) mass is 558 g/mol. The number of aryl methyl sites for hydroxylation is 2. The van der Waals surface area contributed by atoms with Crippen LogP contribution in [0.3, 0.4) is 0 Å². The number of nitrogens with two attached hydrogens (primary N) is 1. The summed E-state index contributed by atoms with van der Waals surface area (Å²) in [5.74, 6) is -3.88. The molecule has 0 aliphatic carbocycles. The van der Waals surface area contributed by atoms with Gasteiger partial charge in [-0.25, -0.2) is 28.2 Å². The highest BCUT2D eigenvalue weighted by atomic mass is 19.4. The first-order valence-electron chi connectivity index (χ1n) is 11.0. The van der Waals surface area contributed by atoms with Crippen molar-refractivity contribution in [1.82, 2.24) is 19.3 Å². The summed E-state index contributed by atoms with van der Waals surface area (Å²) in [4.78, 5) is 37.1. The van der Waals surface area contributed by atoms with Gasteiger partial charge in [-0.05, 0) is 48.2 Å². The second kappa shape index (κ2) is 11.5. The van der Waals surface area contributed by atoms with E-state index in [1.54, 1.807) is 0 Å². The van der Waals surface area contributed by atoms with E-state index in [-0.39, 0.29) is 11.7 Å². The van der Waals surface area contributed by atoms with Gasteiger partial charge in [0, 0.05) is 36.0 Å². The van der Waals surface area contributed by atoms with Crippen molar-refractivity contribution in [2.24, 2.45) is 5.73 Å². The van der Waals surface area contributed by atoms with Crippen LogP contribution in [0.15, 0.2) is 47.2 Å². The molecule has 10 nitrogen and oxygen atoms in total. The van der Waals surface area contributed by atoms with E-state index in [0.29, 0.717) is 18.4 Å². The Morgan fingerprint density at radius 1 is 1.15 bits per heavy atom. The van der Waals surface area contributed by atoms with Crippen LogP contribution in [0.25, 0.3) is 16.9 Å². The number of nitrogens with zero attached hydrogens (tertiary/aromatic N) is 4. The molecular formula is C23H20F6N6O4. The number of nitrogens with one attached hydrogen (secondary N) is 1. The Kier molecular flexibility index (Phi) is 8.58. The highest BCUT2D eigenvalue weighted by Gasteiger charge is 2.38. The molecule has 208 valence electrons. The summed E-state index contributed by atoms with van der Waals surface area (Å²) < 4.78 is 73.9. The number of rotatable bonds is 5. The van der Waals surface area contributed by atoms with Crippen molar-refractivity contribution >= 4 is 17.6 Å². The summed E-state index contributed by atoms with van der Waals surface area (Å²) in [6, 6.07) is 4.92. The molecule has 0 atom stereocenters. The number of benzene rings is 1. The fourth-order valence-electron chi connectivity index (χ4n) is 3.59. The maximum Gasteiger partial charge on any atom is 0.490 e. The van der Waals surface area contributed by atoms with Crippen molar-refractivity contribution in [1.29, 1.82) is 0 Å². The van der Waals surface area contributed by atoms with Gasteiger partial charge in [0.2, 0.25) is 5.91 Å². The van der Waals surface area contributed by atoms with Crippen molar-refractivity contribution in [3.63, 3.8) is 0 Å². The van der Waals surface area contributed by atoms with Crippen molar-refractivity contribution in [2.45, 2.75) is 32.5 Å². The number of carboxylic acid groups (broad SMARTS) is 1. The van der Waals surface area contributed by atoms with E-state index in [1.165, 1.54) is 12.3 Å². The van der Waals surface area contributed by atoms with Crippen LogP contribution < -0.4 is 16.7 Å². The molecule has 16 heteroatoms. The van der Waals surface area contributed by atoms with E-state index in [1.807, 2.05) is 19.1 Å². The van der Waals surface area contributed by atoms with Crippen LogP contribution in [0.5, 0.6) is 0 Å². The Bertz CT molecular complexity index is 1510. The Labute approximate surface area is 215 Å². The third kappa shape index (κ3) is 6.70. The second-order valence-electron chi connectivity index (χ2n) is 8.22. The van der Waals surface area contributed by atoms with Gasteiger partial charge in [-0.15, -0.1) is 0 Å². The number of carboxylic acids is 1. The third-order valence-electron chi connectivity index (χ3n) is 5.52. The molecular weight excluding hydrogens is 538 g/mol. The predicted molar refractivity (Wildman–Crippen MR) is 125 cm³/mol. The number of halogens is 6. The van der Waals surface area contributed by atoms with E-state index in [9.17, 15) is 35.9 Å². The van der Waals surface area contributed by atoms with Crippen LogP contribution in [0.4, 0.5) is 32.0 Å². The first kappa shape index (κ1) is 29.1. The number of pyridine rings is 1. The molecule has 0 unspecified atom stereocenters. The van der Waals surface area contributed by atoms with E-state index in [4.69, 9.17) is 15.6 Å². The largest absolute Gasteiger partial charge is 0.490 e. The lowest BCUT2D eigenvalue weighted by Gasteiger charge is -2.20. The first-order valence-corrected chi connectivity index (χ1v) is 11.0. The Hall–Kier alpha value is -4.47. The van der Waals surface area contributed by atoms with Gasteiger partial charge in [0.25, 0.3) is 6.08 Å². The molecule has 0 fully saturated rings. The zero-order valence-corrected chi connectivity index (χ0v) is 20.0. The number of hydrogen-bond acceptors (Lipinski definition) is 6. The molecule has 0 radical (unpaired) electrons. The van der Waals surface area contributed by atoms with Gasteiger partial charge in [-0.2, -0.15) is 27.1 Å². The maximum atomic E-state index is 14.9. The van der Waals surface area contributed by atoms with E-state index in [2.05, 4.69) is 15.4 Å². The summed E-state index contributed by atoms with van der Waals surface area (Å²) in [6.07, 6.45) is -3.68. The summed E-state index contributed by atoms with van der Waals surface area (Å²) in [5, 5.41) is 13.7. The summed E-state index contributed by atoms with van der Waals surface area (Å²) in [5.41, 5.74) is 7.76. The molecule has 4 rings (SSSR count). The first-order chi connectivity index (χ1) is 18.2. The zero-order chi connectivity index (χ0) is 29.1. The number of amides is 1. The van der Waals surface area contributed by atoms with Crippen LogP contribution in [-0.2, 0) is 22.6 Å². The van der Waals surface area contributed by atoms with Crippen molar-refractivity contribution in [3.05, 3.63) is 69.8 Å². The number of hydrogen-bond donors (Lipinski definition) is 3. The van der Waals surface area contributed by atoms with E-state index < -0.39 is 48.4 Å². The molecule has 3 aromatic rings. The normalized spacial score (nSPS) is 12.7. The number of carbonyl (C=O) groups excluding carboxylic acids is 1. The van der Waals surface area contributed by atoms with Gasteiger partial charge in [0.05, 0.1) is 6.54 Å². The SMILES string of the molecule is Cc1cc(-c2cnc(-n3cnn(CC(CN)=C(F)F)c3=O)c(F)c2)cc2c1NC(=O)CC2.O=C(O)C(F)(F)F. The van der Waals surface area contributed by atoms with Gasteiger partial charge < -0.3 is 16.2 Å². The molecule has 0 bridgehead atoms. The molecule has 39 heavy (non-hydrogen) atoms. The van der Waals surface area contributed by atoms with Gasteiger partial charge in [-0.3, -0.25) is 4.79 Å². The molecule has 2 aromatic heterocycles. The fraction of sp³-hybridized carbons (Fsp3) is 0.261. The lowest BCUT2D eigenvalue weighted by atomic mass is 9.94. The Morgan fingerprint density at radius 3 is 2.38 bits per heavy atom. The van der Waals surface area contributed by atoms with E-state index in [0.717, 1.165) is 38.0 Å². The average Bonchev–Trinajstić information content (AvgIpc) is 3.21. The number of fused-ring (bicyclic) bond motifs is 1. The van der Waals surface area contributed by atoms with Crippen LogP contribution in [0.2, 0.25) is 0 Å². The van der Waals surface area contributed by atoms with Crippen molar-refractivity contribution < 1.29 is 41.0 Å².